The van der Waals surface area contributed by atoms with Crippen LogP contribution in [0.15, 0.2) is 65.1 Å². The quantitative estimate of drug-likeness (QED) is 0.732. The minimum absolute atomic E-state index is 0.181. The molecule has 0 spiro atoms. The van der Waals surface area contributed by atoms with E-state index in [1.807, 2.05) is 23.6 Å². The molecule has 3 aromatic rings. The van der Waals surface area contributed by atoms with Crippen molar-refractivity contribution < 1.29 is 13.2 Å². The van der Waals surface area contributed by atoms with Gasteiger partial charge in [0.15, 0.2) is 0 Å². The minimum atomic E-state index is -3.58. The molecule has 1 N–H and O–H groups in total. The first-order valence-electron chi connectivity index (χ1n) is 7.20. The first-order valence-corrected chi connectivity index (χ1v) is 9.56. The molecule has 0 aliphatic carbocycles. The number of ether oxygens (including phenoxy) is 1. The molecule has 2 heterocycles. The molecule has 0 unspecified atom stereocenters. The van der Waals surface area contributed by atoms with Crippen LogP contribution >= 0.6 is 11.3 Å². The Kier molecular flexibility index (Phi) is 4.94. The third-order valence-electron chi connectivity index (χ3n) is 3.44. The van der Waals surface area contributed by atoms with E-state index in [0.29, 0.717) is 5.75 Å². The largest absolute Gasteiger partial charge is 0.497 e. The van der Waals surface area contributed by atoms with Crippen molar-refractivity contribution in [3.63, 3.8) is 0 Å². The highest BCUT2D eigenvalue weighted by atomic mass is 32.2. The summed E-state index contributed by atoms with van der Waals surface area (Å²) in [6.07, 6.45) is 3.43. The molecule has 124 valence electrons. The van der Waals surface area contributed by atoms with Crippen LogP contribution in [0.3, 0.4) is 0 Å². The van der Waals surface area contributed by atoms with Gasteiger partial charge in [0.05, 0.1) is 12.0 Å². The number of aromatic nitrogens is 1. The number of benzene rings is 1. The van der Waals surface area contributed by atoms with E-state index in [0.717, 1.165) is 16.0 Å². The zero-order chi connectivity index (χ0) is 17.0. The lowest BCUT2D eigenvalue weighted by atomic mass is 10.2. The molecule has 5 nitrogen and oxygen atoms in total. The van der Waals surface area contributed by atoms with Crippen molar-refractivity contribution in [2.75, 3.05) is 7.11 Å². The molecule has 0 saturated heterocycles. The molecule has 0 aliphatic rings. The molecule has 0 radical (unpaired) electrons. The molecule has 2 aromatic heterocycles. The predicted molar refractivity (Wildman–Crippen MR) is 94.6 cm³/mol. The number of pyridine rings is 1. The molecule has 0 fully saturated rings. The van der Waals surface area contributed by atoms with Gasteiger partial charge in [-0.2, -0.15) is 0 Å². The standard InChI is InChI=1S/C17H16N2O3S2/c1-22-15-4-6-16(7-5-15)24(20,21)19-11-13-9-14(12-18-10-13)17-3-2-8-23-17/h2-10,12,19H,11H2,1H3. The van der Waals surface area contributed by atoms with Crippen LogP contribution in [0.1, 0.15) is 5.56 Å². The lowest BCUT2D eigenvalue weighted by Crippen LogP contribution is -2.23. The van der Waals surface area contributed by atoms with Gasteiger partial charge in [-0.15, -0.1) is 11.3 Å². The molecule has 0 aliphatic heterocycles. The van der Waals surface area contributed by atoms with Crippen LogP contribution in [-0.4, -0.2) is 20.5 Å². The maximum Gasteiger partial charge on any atom is 0.240 e. The summed E-state index contributed by atoms with van der Waals surface area (Å²) in [5, 5.41) is 1.99. The first-order chi connectivity index (χ1) is 11.6. The Morgan fingerprint density at radius 1 is 1.17 bits per heavy atom. The zero-order valence-electron chi connectivity index (χ0n) is 13.0. The third-order valence-corrected chi connectivity index (χ3v) is 5.77. The van der Waals surface area contributed by atoms with Crippen LogP contribution in [0.2, 0.25) is 0 Å². The van der Waals surface area contributed by atoms with Crippen molar-refractivity contribution in [1.82, 2.24) is 9.71 Å². The molecule has 1 aromatic carbocycles. The molecule has 7 heteroatoms. The fourth-order valence-electron chi connectivity index (χ4n) is 2.18. The number of hydrogen-bond acceptors (Lipinski definition) is 5. The summed E-state index contributed by atoms with van der Waals surface area (Å²) in [6, 6.07) is 12.2. The van der Waals surface area contributed by atoms with Crippen LogP contribution in [0.4, 0.5) is 0 Å². The van der Waals surface area contributed by atoms with E-state index in [2.05, 4.69) is 9.71 Å². The molecule has 3 rings (SSSR count). The number of nitrogens with zero attached hydrogens (tertiary/aromatic N) is 1. The van der Waals surface area contributed by atoms with Crippen molar-refractivity contribution in [1.29, 1.82) is 0 Å². The monoisotopic (exact) mass is 360 g/mol. The number of methoxy groups -OCH3 is 1. The zero-order valence-corrected chi connectivity index (χ0v) is 14.6. The number of rotatable bonds is 6. The maximum atomic E-state index is 12.3. The Hall–Kier alpha value is -2.22. The van der Waals surface area contributed by atoms with E-state index < -0.39 is 10.0 Å². The number of thiophene rings is 1. The Morgan fingerprint density at radius 2 is 1.96 bits per heavy atom. The second-order valence-electron chi connectivity index (χ2n) is 5.06. The second kappa shape index (κ2) is 7.12. The highest BCUT2D eigenvalue weighted by Gasteiger charge is 2.14. The van der Waals surface area contributed by atoms with Gasteiger partial charge in [-0.05, 0) is 47.3 Å². The molecule has 24 heavy (non-hydrogen) atoms. The fourth-order valence-corrected chi connectivity index (χ4v) is 3.90. The normalized spacial score (nSPS) is 11.4. The summed E-state index contributed by atoms with van der Waals surface area (Å²) in [6.45, 7) is 0.181. The van der Waals surface area contributed by atoms with Gasteiger partial charge in [0.2, 0.25) is 10.0 Å². The summed E-state index contributed by atoms with van der Waals surface area (Å²) in [4.78, 5) is 5.49. The summed E-state index contributed by atoms with van der Waals surface area (Å²) in [5.74, 6) is 0.613. The lowest BCUT2D eigenvalue weighted by Gasteiger charge is -2.08. The summed E-state index contributed by atoms with van der Waals surface area (Å²) in [5.41, 5.74) is 1.78. The average Bonchev–Trinajstić information content (AvgIpc) is 3.15. The molecule has 0 amide bonds. The van der Waals surface area contributed by atoms with E-state index >= 15 is 0 Å². The topological polar surface area (TPSA) is 68.3 Å². The van der Waals surface area contributed by atoms with Crippen molar-refractivity contribution in [3.05, 3.63) is 65.8 Å². The van der Waals surface area contributed by atoms with Crippen LogP contribution in [0, 0.1) is 0 Å². The number of hydrogen-bond donors (Lipinski definition) is 1. The molecule has 0 bridgehead atoms. The van der Waals surface area contributed by atoms with Gasteiger partial charge in [-0.25, -0.2) is 13.1 Å². The van der Waals surface area contributed by atoms with Gasteiger partial charge in [0.1, 0.15) is 5.75 Å². The third kappa shape index (κ3) is 3.81. The van der Waals surface area contributed by atoms with Gasteiger partial charge in [0.25, 0.3) is 0 Å². The number of nitrogens with one attached hydrogen (secondary N) is 1. The Morgan fingerprint density at radius 3 is 2.62 bits per heavy atom. The van der Waals surface area contributed by atoms with Gasteiger partial charge in [-0.3, -0.25) is 4.98 Å². The SMILES string of the molecule is COc1ccc(S(=O)(=O)NCc2cncc(-c3cccs3)c2)cc1. The van der Waals surface area contributed by atoms with Crippen LogP contribution in [0.25, 0.3) is 10.4 Å². The Bertz CT molecular complexity index is 905. The van der Waals surface area contributed by atoms with Crippen LogP contribution in [0.5, 0.6) is 5.75 Å². The first kappa shape index (κ1) is 16.6. The highest BCUT2D eigenvalue weighted by Crippen LogP contribution is 2.24. The lowest BCUT2D eigenvalue weighted by molar-refractivity contribution is 0.414. The fraction of sp³-hybridized carbons (Fsp3) is 0.118. The van der Waals surface area contributed by atoms with Gasteiger partial charge < -0.3 is 4.74 Å². The Labute approximate surface area is 145 Å². The minimum Gasteiger partial charge on any atom is -0.497 e. The van der Waals surface area contributed by atoms with E-state index in [9.17, 15) is 8.42 Å². The van der Waals surface area contributed by atoms with Crippen LogP contribution in [-0.2, 0) is 16.6 Å². The smallest absolute Gasteiger partial charge is 0.240 e. The summed E-state index contributed by atoms with van der Waals surface area (Å²) >= 11 is 1.62. The van der Waals surface area contributed by atoms with Gasteiger partial charge >= 0.3 is 0 Å². The van der Waals surface area contributed by atoms with E-state index in [1.165, 1.54) is 19.2 Å². The second-order valence-corrected chi connectivity index (χ2v) is 7.77. The molecule has 0 atom stereocenters. The van der Waals surface area contributed by atoms with Gasteiger partial charge in [0, 0.05) is 29.4 Å². The summed E-state index contributed by atoms with van der Waals surface area (Å²) in [7, 11) is -2.04. The molecular formula is C17H16N2O3S2. The van der Waals surface area contributed by atoms with Crippen molar-refractivity contribution in [2.45, 2.75) is 11.4 Å². The number of sulfonamides is 1. The van der Waals surface area contributed by atoms with Crippen molar-refractivity contribution in [3.8, 4) is 16.2 Å². The average molecular weight is 360 g/mol. The Balaban J connectivity index is 1.73. The summed E-state index contributed by atoms with van der Waals surface area (Å²) < 4.78 is 32.3. The van der Waals surface area contributed by atoms with Crippen molar-refractivity contribution in [2.24, 2.45) is 0 Å². The predicted octanol–water partition coefficient (Wildman–Crippen LogP) is 3.30. The van der Waals surface area contributed by atoms with Gasteiger partial charge in [-0.1, -0.05) is 6.07 Å². The van der Waals surface area contributed by atoms with E-state index in [-0.39, 0.29) is 11.4 Å². The molecule has 0 saturated carbocycles. The van der Waals surface area contributed by atoms with Crippen molar-refractivity contribution >= 4 is 21.4 Å². The maximum absolute atomic E-state index is 12.3. The highest BCUT2D eigenvalue weighted by molar-refractivity contribution is 7.89. The molecular weight excluding hydrogens is 344 g/mol. The van der Waals surface area contributed by atoms with E-state index in [4.69, 9.17) is 4.74 Å². The van der Waals surface area contributed by atoms with Crippen LogP contribution < -0.4 is 9.46 Å². The van der Waals surface area contributed by atoms with E-state index in [1.54, 1.807) is 35.9 Å².